The Balaban J connectivity index is 2.78. The maximum Gasteiger partial charge on any atom is 0.354 e. The van der Waals surface area contributed by atoms with Gasteiger partial charge in [0.2, 0.25) is 0 Å². The number of nitrogens with zero attached hydrogens (tertiary/aromatic N) is 1. The van der Waals surface area contributed by atoms with Crippen LogP contribution in [0, 0.1) is 0 Å². The van der Waals surface area contributed by atoms with E-state index in [0.717, 1.165) is 5.70 Å². The van der Waals surface area contributed by atoms with Crippen molar-refractivity contribution >= 4 is 11.7 Å². The minimum absolute atomic E-state index is 0.0673. The number of carboxylic acids is 1. The maximum absolute atomic E-state index is 10.6. The van der Waals surface area contributed by atoms with E-state index < -0.39 is 5.97 Å². The summed E-state index contributed by atoms with van der Waals surface area (Å²) in [7, 11) is 1.57. The molecular weight excluding hydrogens is 172 g/mol. The molecule has 1 unspecified atom stereocenters. The van der Waals surface area contributed by atoms with E-state index >= 15 is 0 Å². The Morgan fingerprint density at radius 2 is 2.54 bits per heavy atom. The lowest BCUT2D eigenvalue weighted by Gasteiger charge is -2.18. The van der Waals surface area contributed by atoms with Crippen molar-refractivity contribution in [3.05, 3.63) is 11.8 Å². The fourth-order valence-corrected chi connectivity index (χ4v) is 0.977. The van der Waals surface area contributed by atoms with E-state index in [1.165, 1.54) is 6.08 Å². The van der Waals surface area contributed by atoms with Gasteiger partial charge in [0.25, 0.3) is 0 Å². The second kappa shape index (κ2) is 4.04. The van der Waals surface area contributed by atoms with Gasteiger partial charge in [-0.25, -0.2) is 4.79 Å². The minimum Gasteiger partial charge on any atom is -0.477 e. The van der Waals surface area contributed by atoms with Crippen LogP contribution < -0.4 is 5.32 Å². The third-order valence-corrected chi connectivity index (χ3v) is 1.84. The maximum atomic E-state index is 10.6. The molecule has 0 aromatic rings. The summed E-state index contributed by atoms with van der Waals surface area (Å²) in [6.45, 7) is 2.13. The third-order valence-electron chi connectivity index (χ3n) is 1.84. The lowest BCUT2D eigenvalue weighted by atomic mass is 10.2. The molecule has 13 heavy (non-hydrogen) atoms. The number of methoxy groups -OCH3 is 1. The van der Waals surface area contributed by atoms with Crippen LogP contribution in [0.1, 0.15) is 6.92 Å². The normalized spacial score (nSPS) is 18.3. The van der Waals surface area contributed by atoms with Gasteiger partial charge in [0.05, 0.1) is 6.10 Å². The van der Waals surface area contributed by atoms with E-state index in [2.05, 4.69) is 10.3 Å². The van der Waals surface area contributed by atoms with Crippen LogP contribution in [0.5, 0.6) is 0 Å². The first kappa shape index (κ1) is 9.73. The van der Waals surface area contributed by atoms with Crippen LogP contribution in [0.3, 0.4) is 0 Å². The summed E-state index contributed by atoms with van der Waals surface area (Å²) in [5.74, 6) is -1.01. The second-order valence-electron chi connectivity index (χ2n) is 2.66. The number of nitrogens with one attached hydrogen (secondary N) is 1. The number of hydrogen-bond donors (Lipinski definition) is 2. The standard InChI is InChI=1S/C8H12N2O3/c1-5(13-2)6-3-7(8(11)12)10-4-9-6/h3,5,9H,4H2,1-2H3,(H,11,12). The van der Waals surface area contributed by atoms with Crippen molar-refractivity contribution < 1.29 is 14.6 Å². The molecule has 72 valence electrons. The molecule has 0 aromatic heterocycles. The topological polar surface area (TPSA) is 70.9 Å². The van der Waals surface area contributed by atoms with Crippen LogP contribution in [0.25, 0.3) is 0 Å². The highest BCUT2D eigenvalue weighted by atomic mass is 16.5. The predicted molar refractivity (Wildman–Crippen MR) is 47.6 cm³/mol. The van der Waals surface area contributed by atoms with Gasteiger partial charge in [-0.3, -0.25) is 4.99 Å². The molecule has 5 heteroatoms. The second-order valence-corrected chi connectivity index (χ2v) is 2.66. The van der Waals surface area contributed by atoms with Crippen molar-refractivity contribution in [3.63, 3.8) is 0 Å². The van der Waals surface area contributed by atoms with Crippen LogP contribution in [0.4, 0.5) is 0 Å². The largest absolute Gasteiger partial charge is 0.477 e. The van der Waals surface area contributed by atoms with E-state index in [-0.39, 0.29) is 11.8 Å². The van der Waals surface area contributed by atoms with E-state index in [1.54, 1.807) is 7.11 Å². The molecule has 0 aromatic carbocycles. The van der Waals surface area contributed by atoms with Crippen molar-refractivity contribution in [2.45, 2.75) is 13.0 Å². The molecule has 0 aliphatic carbocycles. The highest BCUT2D eigenvalue weighted by molar-refractivity contribution is 6.40. The number of carboxylic acid groups (broad SMARTS) is 1. The SMILES string of the molecule is COC(C)C1=CC(C(=O)O)=NCN1. The van der Waals surface area contributed by atoms with Crippen molar-refractivity contribution in [1.29, 1.82) is 0 Å². The number of carbonyl (C=O) groups is 1. The molecule has 1 aliphatic heterocycles. The molecule has 0 radical (unpaired) electrons. The summed E-state index contributed by atoms with van der Waals surface area (Å²) < 4.78 is 5.04. The van der Waals surface area contributed by atoms with Crippen LogP contribution in [-0.2, 0) is 9.53 Å². The first-order valence-electron chi connectivity index (χ1n) is 3.91. The molecule has 0 saturated heterocycles. The number of rotatable bonds is 3. The van der Waals surface area contributed by atoms with Gasteiger partial charge < -0.3 is 15.2 Å². The lowest BCUT2D eigenvalue weighted by molar-refractivity contribution is -0.129. The van der Waals surface area contributed by atoms with Crippen LogP contribution in [0.2, 0.25) is 0 Å². The Morgan fingerprint density at radius 3 is 3.08 bits per heavy atom. The molecule has 0 saturated carbocycles. The Kier molecular flexibility index (Phi) is 3.02. The quantitative estimate of drug-likeness (QED) is 0.647. The molecular formula is C8H12N2O3. The Bertz CT molecular complexity index is 271. The molecule has 1 atom stereocenters. The van der Waals surface area contributed by atoms with Crippen LogP contribution in [0.15, 0.2) is 16.8 Å². The average Bonchev–Trinajstić information content (AvgIpc) is 2.17. The van der Waals surface area contributed by atoms with Gasteiger partial charge in [-0.2, -0.15) is 0 Å². The third kappa shape index (κ3) is 2.29. The molecule has 2 N–H and O–H groups in total. The summed E-state index contributed by atoms with van der Waals surface area (Å²) in [5.41, 5.74) is 0.813. The minimum atomic E-state index is -1.01. The zero-order valence-corrected chi connectivity index (χ0v) is 7.57. The monoisotopic (exact) mass is 184 g/mol. The molecule has 0 amide bonds. The lowest BCUT2D eigenvalue weighted by Crippen LogP contribution is -2.30. The smallest absolute Gasteiger partial charge is 0.354 e. The first-order valence-corrected chi connectivity index (χ1v) is 3.91. The van der Waals surface area contributed by atoms with E-state index in [0.29, 0.717) is 6.67 Å². The number of aliphatic imine (C=N–C) groups is 1. The number of aliphatic carboxylic acids is 1. The van der Waals surface area contributed by atoms with Crippen molar-refractivity contribution in [3.8, 4) is 0 Å². The zero-order chi connectivity index (χ0) is 9.84. The Hall–Kier alpha value is -1.36. The summed E-state index contributed by atoms with van der Waals surface area (Å²) >= 11 is 0. The van der Waals surface area contributed by atoms with Crippen molar-refractivity contribution in [2.24, 2.45) is 4.99 Å². The van der Waals surface area contributed by atoms with Gasteiger partial charge in [0, 0.05) is 12.8 Å². The molecule has 1 aliphatic rings. The summed E-state index contributed by atoms with van der Waals surface area (Å²) in [5, 5.41) is 11.6. The summed E-state index contributed by atoms with van der Waals surface area (Å²) in [6, 6.07) is 0. The number of hydrogen-bond acceptors (Lipinski definition) is 4. The average molecular weight is 184 g/mol. The van der Waals surface area contributed by atoms with Crippen molar-refractivity contribution in [1.82, 2.24) is 5.32 Å². The molecule has 1 heterocycles. The van der Waals surface area contributed by atoms with Gasteiger partial charge in [-0.05, 0) is 13.0 Å². The fraction of sp³-hybridized carbons (Fsp3) is 0.500. The van der Waals surface area contributed by atoms with Crippen molar-refractivity contribution in [2.75, 3.05) is 13.8 Å². The molecule has 0 bridgehead atoms. The van der Waals surface area contributed by atoms with Gasteiger partial charge in [0.15, 0.2) is 0 Å². The first-order chi connectivity index (χ1) is 6.15. The Morgan fingerprint density at radius 1 is 1.85 bits per heavy atom. The van der Waals surface area contributed by atoms with E-state index in [9.17, 15) is 4.79 Å². The van der Waals surface area contributed by atoms with Gasteiger partial charge in [0.1, 0.15) is 12.4 Å². The van der Waals surface area contributed by atoms with Crippen LogP contribution in [-0.4, -0.2) is 36.7 Å². The number of ether oxygens (including phenoxy) is 1. The zero-order valence-electron chi connectivity index (χ0n) is 7.57. The van der Waals surface area contributed by atoms with E-state index in [1.807, 2.05) is 6.92 Å². The highest BCUT2D eigenvalue weighted by Gasteiger charge is 2.15. The van der Waals surface area contributed by atoms with E-state index in [4.69, 9.17) is 9.84 Å². The molecule has 0 spiro atoms. The summed E-state index contributed by atoms with van der Waals surface area (Å²) in [6.07, 6.45) is 1.35. The van der Waals surface area contributed by atoms with Gasteiger partial charge in [-0.1, -0.05) is 0 Å². The highest BCUT2D eigenvalue weighted by Crippen LogP contribution is 2.05. The van der Waals surface area contributed by atoms with Crippen LogP contribution >= 0.6 is 0 Å². The molecule has 0 fully saturated rings. The molecule has 5 nitrogen and oxygen atoms in total. The Labute approximate surface area is 76.1 Å². The predicted octanol–water partition coefficient (Wildman–Crippen LogP) is -0.00850. The summed E-state index contributed by atoms with van der Waals surface area (Å²) in [4.78, 5) is 14.3. The fourth-order valence-electron chi connectivity index (χ4n) is 0.977. The van der Waals surface area contributed by atoms with Gasteiger partial charge in [-0.15, -0.1) is 0 Å². The van der Waals surface area contributed by atoms with Gasteiger partial charge >= 0.3 is 5.97 Å². The molecule has 1 rings (SSSR count).